The number of hydrogen-bond donors (Lipinski definition) is 1. The first-order valence-corrected chi connectivity index (χ1v) is 9.42. The molecular weight excluding hydrogens is 334 g/mol. The van der Waals surface area contributed by atoms with Gasteiger partial charge in [0.2, 0.25) is 0 Å². The van der Waals surface area contributed by atoms with Gasteiger partial charge in [-0.3, -0.25) is 4.79 Å². The largest absolute Gasteiger partial charge is 0.338 e. The van der Waals surface area contributed by atoms with Crippen molar-refractivity contribution < 1.29 is 9.53 Å². The molecule has 0 aromatic heterocycles. The molecule has 1 aliphatic heterocycles. The summed E-state index contributed by atoms with van der Waals surface area (Å²) in [5, 5.41) is 3.20. The normalized spacial score (nSPS) is 26.6. The standard InChI is InChI=1S/C24H21NO2/c26-23-22(18-11-5-2-6-12-18)27-24(25-23)15-19-13-7-8-14-20(19)21(16-24)17-9-3-1-4-10-17/h1-14,21-22H,15-16H2,(H,25,26)/t21-,22-,24-/m0/s1. The maximum Gasteiger partial charge on any atom is 0.256 e. The molecule has 1 saturated heterocycles. The highest BCUT2D eigenvalue weighted by molar-refractivity contribution is 5.84. The maximum atomic E-state index is 12.8. The third-order valence-electron chi connectivity index (χ3n) is 5.68. The molecular formula is C24H21NO2. The summed E-state index contributed by atoms with van der Waals surface area (Å²) in [6.45, 7) is 0. The molecule has 5 rings (SSSR count). The molecule has 1 amide bonds. The molecule has 1 N–H and O–H groups in total. The minimum atomic E-state index is -0.660. The fraction of sp³-hybridized carbons (Fsp3) is 0.208. The molecule has 1 spiro atoms. The van der Waals surface area contributed by atoms with E-state index in [4.69, 9.17) is 4.74 Å². The average Bonchev–Trinajstić information content (AvgIpc) is 3.04. The van der Waals surface area contributed by atoms with E-state index >= 15 is 0 Å². The molecule has 0 unspecified atom stereocenters. The van der Waals surface area contributed by atoms with Crippen LogP contribution in [0.2, 0.25) is 0 Å². The number of hydrogen-bond acceptors (Lipinski definition) is 2. The van der Waals surface area contributed by atoms with E-state index in [9.17, 15) is 4.79 Å². The van der Waals surface area contributed by atoms with Gasteiger partial charge in [0.15, 0.2) is 6.10 Å². The molecule has 1 aliphatic carbocycles. The number of benzene rings is 3. The lowest BCUT2D eigenvalue weighted by Gasteiger charge is -2.39. The molecule has 1 fully saturated rings. The zero-order valence-electron chi connectivity index (χ0n) is 15.0. The first-order valence-electron chi connectivity index (χ1n) is 9.42. The predicted octanol–water partition coefficient (Wildman–Crippen LogP) is 4.35. The molecule has 2 aliphatic rings. The average molecular weight is 355 g/mol. The highest BCUT2D eigenvalue weighted by Gasteiger charge is 2.49. The van der Waals surface area contributed by atoms with Crippen LogP contribution in [-0.4, -0.2) is 11.6 Å². The van der Waals surface area contributed by atoms with Crippen LogP contribution < -0.4 is 5.32 Å². The van der Waals surface area contributed by atoms with E-state index in [0.29, 0.717) is 6.42 Å². The summed E-state index contributed by atoms with van der Waals surface area (Å²) in [4.78, 5) is 12.8. The summed E-state index contributed by atoms with van der Waals surface area (Å²) in [5.74, 6) is 0.151. The SMILES string of the molecule is O=C1N[C@@]2(Cc3ccccc3[C@H](c3ccccc3)C2)O[C@H]1c1ccccc1. The number of ether oxygens (including phenoxy) is 1. The Kier molecular flexibility index (Phi) is 3.83. The van der Waals surface area contributed by atoms with Crippen LogP contribution in [-0.2, 0) is 16.0 Å². The van der Waals surface area contributed by atoms with Crippen molar-refractivity contribution in [3.05, 3.63) is 107 Å². The lowest BCUT2D eigenvalue weighted by Crippen LogP contribution is -2.48. The fourth-order valence-corrected chi connectivity index (χ4v) is 4.47. The topological polar surface area (TPSA) is 38.3 Å². The third-order valence-corrected chi connectivity index (χ3v) is 5.68. The van der Waals surface area contributed by atoms with Crippen LogP contribution in [0, 0.1) is 0 Å². The Morgan fingerprint density at radius 3 is 2.19 bits per heavy atom. The number of carbonyl (C=O) groups is 1. The molecule has 0 radical (unpaired) electrons. The van der Waals surface area contributed by atoms with Gasteiger partial charge in [0.25, 0.3) is 5.91 Å². The summed E-state index contributed by atoms with van der Waals surface area (Å²) in [5.41, 5.74) is 4.07. The third kappa shape index (κ3) is 2.84. The summed E-state index contributed by atoms with van der Waals surface area (Å²) in [7, 11) is 0. The van der Waals surface area contributed by atoms with Crippen molar-refractivity contribution in [2.75, 3.05) is 0 Å². The van der Waals surface area contributed by atoms with Gasteiger partial charge in [0.05, 0.1) is 0 Å². The van der Waals surface area contributed by atoms with E-state index in [0.717, 1.165) is 12.0 Å². The summed E-state index contributed by atoms with van der Waals surface area (Å²) >= 11 is 0. The van der Waals surface area contributed by atoms with Crippen molar-refractivity contribution in [1.29, 1.82) is 0 Å². The zero-order valence-corrected chi connectivity index (χ0v) is 15.0. The number of carbonyl (C=O) groups excluding carboxylic acids is 1. The number of amides is 1. The van der Waals surface area contributed by atoms with Crippen LogP contribution in [0.4, 0.5) is 0 Å². The summed E-state index contributed by atoms with van der Waals surface area (Å²) in [6, 6.07) is 28.7. The monoisotopic (exact) mass is 355 g/mol. The van der Waals surface area contributed by atoms with Crippen LogP contribution in [0.25, 0.3) is 0 Å². The molecule has 3 nitrogen and oxygen atoms in total. The quantitative estimate of drug-likeness (QED) is 0.742. The molecule has 3 aromatic rings. The van der Waals surface area contributed by atoms with Crippen molar-refractivity contribution in [3.8, 4) is 0 Å². The smallest absolute Gasteiger partial charge is 0.256 e. The van der Waals surface area contributed by atoms with Crippen molar-refractivity contribution in [3.63, 3.8) is 0 Å². The number of nitrogens with one attached hydrogen (secondary N) is 1. The summed E-state index contributed by atoms with van der Waals surface area (Å²) < 4.78 is 6.44. The Hall–Kier alpha value is -2.91. The van der Waals surface area contributed by atoms with E-state index in [1.165, 1.54) is 16.7 Å². The zero-order chi connectivity index (χ0) is 18.3. The highest BCUT2D eigenvalue weighted by Crippen LogP contribution is 2.45. The Labute approximate surface area is 159 Å². The van der Waals surface area contributed by atoms with Gasteiger partial charge in [-0.25, -0.2) is 0 Å². The van der Waals surface area contributed by atoms with Crippen LogP contribution in [0.1, 0.15) is 40.7 Å². The van der Waals surface area contributed by atoms with Gasteiger partial charge in [-0.05, 0) is 22.3 Å². The molecule has 1 heterocycles. The van der Waals surface area contributed by atoms with E-state index in [1.807, 2.05) is 36.4 Å². The first-order chi connectivity index (χ1) is 13.2. The van der Waals surface area contributed by atoms with Crippen LogP contribution in [0.3, 0.4) is 0 Å². The summed E-state index contributed by atoms with van der Waals surface area (Å²) in [6.07, 6.45) is 0.887. The van der Waals surface area contributed by atoms with Gasteiger partial charge in [-0.2, -0.15) is 0 Å². The van der Waals surface area contributed by atoms with Gasteiger partial charge < -0.3 is 10.1 Å². The molecule has 3 atom stereocenters. The van der Waals surface area contributed by atoms with Gasteiger partial charge >= 0.3 is 0 Å². The number of rotatable bonds is 2. The minimum Gasteiger partial charge on any atom is -0.338 e. The predicted molar refractivity (Wildman–Crippen MR) is 104 cm³/mol. The molecule has 0 bridgehead atoms. The van der Waals surface area contributed by atoms with Crippen molar-refractivity contribution in [2.45, 2.75) is 30.6 Å². The molecule has 3 aromatic carbocycles. The number of fused-ring (bicyclic) bond motifs is 1. The molecule has 27 heavy (non-hydrogen) atoms. The second-order valence-corrected chi connectivity index (χ2v) is 7.44. The van der Waals surface area contributed by atoms with Crippen molar-refractivity contribution >= 4 is 5.91 Å². The second-order valence-electron chi connectivity index (χ2n) is 7.44. The molecule has 3 heteroatoms. The first kappa shape index (κ1) is 16.3. The second kappa shape index (κ2) is 6.36. The Bertz CT molecular complexity index is 970. The lowest BCUT2D eigenvalue weighted by atomic mass is 9.75. The van der Waals surface area contributed by atoms with Crippen LogP contribution in [0.5, 0.6) is 0 Å². The molecule has 0 saturated carbocycles. The van der Waals surface area contributed by atoms with E-state index < -0.39 is 11.8 Å². The van der Waals surface area contributed by atoms with Crippen LogP contribution in [0.15, 0.2) is 84.9 Å². The fourth-order valence-electron chi connectivity index (χ4n) is 4.47. The lowest BCUT2D eigenvalue weighted by molar-refractivity contribution is -0.124. The Balaban J connectivity index is 1.54. The minimum absolute atomic E-state index is 0.0487. The van der Waals surface area contributed by atoms with Gasteiger partial charge in [0.1, 0.15) is 5.72 Å². The molecule has 134 valence electrons. The van der Waals surface area contributed by atoms with Crippen LogP contribution >= 0.6 is 0 Å². The Morgan fingerprint density at radius 1 is 0.815 bits per heavy atom. The van der Waals surface area contributed by atoms with Gasteiger partial charge in [-0.15, -0.1) is 0 Å². The van der Waals surface area contributed by atoms with Gasteiger partial charge in [0, 0.05) is 18.8 Å². The van der Waals surface area contributed by atoms with Crippen molar-refractivity contribution in [1.82, 2.24) is 5.32 Å². The van der Waals surface area contributed by atoms with E-state index in [1.54, 1.807) is 0 Å². The highest BCUT2D eigenvalue weighted by atomic mass is 16.5. The van der Waals surface area contributed by atoms with Crippen molar-refractivity contribution in [2.24, 2.45) is 0 Å². The maximum absolute atomic E-state index is 12.8. The van der Waals surface area contributed by atoms with E-state index in [-0.39, 0.29) is 11.8 Å². The Morgan fingerprint density at radius 2 is 1.44 bits per heavy atom. The van der Waals surface area contributed by atoms with Gasteiger partial charge in [-0.1, -0.05) is 84.9 Å². The van der Waals surface area contributed by atoms with E-state index in [2.05, 4.69) is 53.8 Å².